The molecule has 2 aromatic rings. The lowest BCUT2D eigenvalue weighted by molar-refractivity contribution is -0.750. The number of aliphatic imine (C=N–C) groups is 2. The Morgan fingerprint density at radius 1 is 1.11 bits per heavy atom. The highest BCUT2D eigenvalue weighted by atomic mass is 16.2. The zero-order valence-electron chi connectivity index (χ0n) is 19.2. The summed E-state index contributed by atoms with van der Waals surface area (Å²) in [7, 11) is 0. The van der Waals surface area contributed by atoms with Crippen LogP contribution < -0.4 is 11.2 Å². The fourth-order valence-corrected chi connectivity index (χ4v) is 5.39. The number of rotatable bonds is 4. The minimum Gasteiger partial charge on any atom is -0.339 e. The Labute approximate surface area is 202 Å². The van der Waals surface area contributed by atoms with E-state index in [-0.39, 0.29) is 22.3 Å². The summed E-state index contributed by atoms with van der Waals surface area (Å²) in [5.74, 6) is 8.15. The fraction of sp³-hybridized carbons (Fsp3) is 0.269. The molecule has 3 N–H and O–H groups in total. The number of anilines is 1. The Hall–Kier alpha value is -3.95. The van der Waals surface area contributed by atoms with Gasteiger partial charge in [-0.1, -0.05) is 6.07 Å². The van der Waals surface area contributed by atoms with Crippen molar-refractivity contribution in [1.82, 2.24) is 9.88 Å². The number of amidine groups is 1. The van der Waals surface area contributed by atoms with E-state index in [2.05, 4.69) is 15.3 Å². The molecule has 5 heterocycles. The highest BCUT2D eigenvalue weighted by Gasteiger charge is 2.47. The molecule has 2 saturated heterocycles. The van der Waals surface area contributed by atoms with Crippen molar-refractivity contribution in [3.05, 3.63) is 83.6 Å². The molecule has 0 bridgehead atoms. The Kier molecular flexibility index (Phi) is 5.16. The van der Waals surface area contributed by atoms with Crippen LogP contribution in [0, 0.1) is 5.92 Å². The van der Waals surface area contributed by atoms with Crippen molar-refractivity contribution in [3.8, 4) is 0 Å². The Morgan fingerprint density at radius 3 is 2.77 bits per heavy atom. The highest BCUT2D eigenvalue weighted by Crippen LogP contribution is 2.40. The second-order valence-electron chi connectivity index (χ2n) is 9.32. The van der Waals surface area contributed by atoms with E-state index in [0.29, 0.717) is 36.2 Å². The van der Waals surface area contributed by atoms with Crippen LogP contribution in [-0.4, -0.2) is 50.9 Å². The van der Waals surface area contributed by atoms with Crippen molar-refractivity contribution < 1.29 is 14.2 Å². The molecule has 1 aromatic heterocycles. The highest BCUT2D eigenvalue weighted by molar-refractivity contribution is 6.05. The Morgan fingerprint density at radius 2 is 1.97 bits per heavy atom. The normalized spacial score (nSPS) is 27.1. The fourth-order valence-electron chi connectivity index (χ4n) is 5.39. The van der Waals surface area contributed by atoms with E-state index in [1.165, 1.54) is 0 Å². The minimum atomic E-state index is -0.239. The van der Waals surface area contributed by atoms with Gasteiger partial charge in [0.05, 0.1) is 18.0 Å². The van der Waals surface area contributed by atoms with Crippen LogP contribution in [0.5, 0.6) is 0 Å². The first-order valence-corrected chi connectivity index (χ1v) is 11.9. The van der Waals surface area contributed by atoms with Crippen molar-refractivity contribution in [2.45, 2.75) is 31.7 Å². The molecule has 1 unspecified atom stereocenters. The predicted octanol–water partition coefficient (Wildman–Crippen LogP) is 2.95. The van der Waals surface area contributed by atoms with Gasteiger partial charge in [0.15, 0.2) is 0 Å². The summed E-state index contributed by atoms with van der Waals surface area (Å²) in [6.45, 7) is 0.670. The zero-order valence-corrected chi connectivity index (χ0v) is 19.2. The third kappa shape index (κ3) is 3.69. The largest absolute Gasteiger partial charge is 0.339 e. The molecular formula is C26H26N7O2+. The molecule has 9 nitrogen and oxygen atoms in total. The van der Waals surface area contributed by atoms with Gasteiger partial charge in [0, 0.05) is 36.7 Å². The lowest BCUT2D eigenvalue weighted by Gasteiger charge is -2.35. The molecule has 6 rings (SSSR count). The van der Waals surface area contributed by atoms with Crippen LogP contribution in [0.3, 0.4) is 0 Å². The number of piperidine rings is 1. The Balaban J connectivity index is 1.28. The molecule has 2 amide bonds. The van der Waals surface area contributed by atoms with Crippen LogP contribution in [0.4, 0.5) is 5.82 Å². The number of carbonyl (C=O) groups excluding carboxylic acids is 2. The molecule has 4 aliphatic heterocycles. The number of quaternary nitrogens is 1. The van der Waals surface area contributed by atoms with Crippen LogP contribution in [-0.2, 0) is 4.79 Å². The molecule has 0 aliphatic carbocycles. The molecule has 4 aliphatic rings. The average molecular weight is 469 g/mol. The summed E-state index contributed by atoms with van der Waals surface area (Å²) < 4.78 is -0.0772. The molecule has 0 saturated carbocycles. The lowest BCUT2D eigenvalue weighted by Crippen LogP contribution is -2.53. The number of nitrogens with zero attached hydrogens (tertiary/aromatic N) is 5. The van der Waals surface area contributed by atoms with E-state index >= 15 is 0 Å². The van der Waals surface area contributed by atoms with Gasteiger partial charge in [-0.3, -0.25) is 14.6 Å². The van der Waals surface area contributed by atoms with Crippen molar-refractivity contribution >= 4 is 29.7 Å². The topological polar surface area (TPSA) is 113 Å². The number of allylic oxidation sites excluding steroid dienone is 1. The van der Waals surface area contributed by atoms with E-state index < -0.39 is 0 Å². The molecule has 3 atom stereocenters. The zero-order chi connectivity index (χ0) is 24.0. The molecule has 1 aromatic carbocycles. The van der Waals surface area contributed by atoms with Gasteiger partial charge < -0.3 is 10.2 Å². The van der Waals surface area contributed by atoms with Crippen LogP contribution in [0.15, 0.2) is 82.4 Å². The van der Waals surface area contributed by atoms with E-state index in [0.717, 1.165) is 36.2 Å². The smallest absolute Gasteiger partial charge is 0.264 e. The van der Waals surface area contributed by atoms with Crippen molar-refractivity contribution in [2.24, 2.45) is 21.7 Å². The van der Waals surface area contributed by atoms with Crippen LogP contribution in [0.2, 0.25) is 0 Å². The van der Waals surface area contributed by atoms with E-state index in [1.54, 1.807) is 42.9 Å². The number of nitrogens with two attached hydrogens (primary N) is 1. The molecule has 9 heteroatoms. The van der Waals surface area contributed by atoms with Crippen molar-refractivity contribution in [3.63, 3.8) is 0 Å². The number of nitrogens with one attached hydrogen (secondary N) is 1. The van der Waals surface area contributed by atoms with E-state index in [9.17, 15) is 9.59 Å². The van der Waals surface area contributed by atoms with Gasteiger partial charge in [-0.15, -0.1) is 4.59 Å². The van der Waals surface area contributed by atoms with Gasteiger partial charge in [-0.25, -0.2) is 4.98 Å². The van der Waals surface area contributed by atoms with E-state index in [4.69, 9.17) is 10.8 Å². The van der Waals surface area contributed by atoms with Gasteiger partial charge in [0.25, 0.3) is 11.7 Å². The summed E-state index contributed by atoms with van der Waals surface area (Å²) in [4.78, 5) is 40.5. The lowest BCUT2D eigenvalue weighted by atomic mass is 9.90. The van der Waals surface area contributed by atoms with Crippen LogP contribution in [0.25, 0.3) is 0 Å². The van der Waals surface area contributed by atoms with Gasteiger partial charge >= 0.3 is 0 Å². The maximum absolute atomic E-state index is 12.6. The SMILES string of the molecule is N[N+]12C=CN=CC1=C([C@@H]1CC[C@H]3CCC(=O)N3C1)N=C2c1ccc(C(=O)Nc2ccccn2)cc1. The maximum atomic E-state index is 12.6. The summed E-state index contributed by atoms with van der Waals surface area (Å²) in [5.41, 5.74) is 3.05. The van der Waals surface area contributed by atoms with Gasteiger partial charge in [0.2, 0.25) is 11.6 Å². The third-order valence-electron chi connectivity index (χ3n) is 7.24. The number of pyridine rings is 1. The van der Waals surface area contributed by atoms with Crippen molar-refractivity contribution in [1.29, 1.82) is 0 Å². The van der Waals surface area contributed by atoms with Crippen LogP contribution >= 0.6 is 0 Å². The number of aromatic nitrogens is 1. The summed E-state index contributed by atoms with van der Waals surface area (Å²) in [6.07, 6.45) is 10.4. The predicted molar refractivity (Wildman–Crippen MR) is 132 cm³/mol. The van der Waals surface area contributed by atoms with Gasteiger partial charge in [0.1, 0.15) is 17.7 Å². The number of amides is 2. The number of carbonyl (C=O) groups is 2. The molecule has 0 radical (unpaired) electrons. The standard InChI is InChI=1S/C26H25N7O2/c27-33-14-13-28-15-21(33)24(19-8-9-20-10-11-23(34)32(20)16-19)31-25(33)17-4-6-18(7-5-17)26(35)30-22-3-1-2-12-29-22/h1-7,12-15,19-20H,8-11,16,27H2/p+1/t19-,20+,33?/m1/s1. The number of fused-ring (bicyclic) bond motifs is 2. The number of hydrogen-bond donors (Lipinski definition) is 2. The number of hydrogen-bond acceptors (Lipinski definition) is 6. The first kappa shape index (κ1) is 21.6. The van der Waals surface area contributed by atoms with E-state index in [1.807, 2.05) is 29.3 Å². The Bertz CT molecular complexity index is 1310. The second kappa shape index (κ2) is 8.37. The molecule has 35 heavy (non-hydrogen) atoms. The summed E-state index contributed by atoms with van der Waals surface area (Å²) in [6, 6.07) is 13.0. The first-order chi connectivity index (χ1) is 17.0. The molecule has 2 fully saturated rings. The average Bonchev–Trinajstić information content (AvgIpc) is 3.41. The minimum absolute atomic E-state index is 0.0772. The molecule has 176 valence electrons. The quantitative estimate of drug-likeness (QED) is 0.531. The van der Waals surface area contributed by atoms with Crippen LogP contribution in [0.1, 0.15) is 41.6 Å². The third-order valence-corrected chi connectivity index (χ3v) is 7.24. The van der Waals surface area contributed by atoms with Gasteiger partial charge in [-0.2, -0.15) is 10.8 Å². The molecular weight excluding hydrogens is 442 g/mol. The monoisotopic (exact) mass is 468 g/mol. The maximum Gasteiger partial charge on any atom is 0.264 e. The second-order valence-corrected chi connectivity index (χ2v) is 9.32. The summed E-state index contributed by atoms with van der Waals surface area (Å²) >= 11 is 0. The first-order valence-electron chi connectivity index (χ1n) is 11.9. The van der Waals surface area contributed by atoms with Gasteiger partial charge in [-0.05, 0) is 55.7 Å². The number of benzene rings is 1. The molecule has 0 spiro atoms. The summed E-state index contributed by atoms with van der Waals surface area (Å²) in [5, 5.41) is 2.79. The van der Waals surface area contributed by atoms with Crippen molar-refractivity contribution in [2.75, 3.05) is 11.9 Å².